The first-order chi connectivity index (χ1) is 31.0. The average Bonchev–Trinajstić information content (AvgIpc) is 3.26. The Morgan fingerprint density at radius 3 is 0.857 bits per heavy atom. The lowest BCUT2D eigenvalue weighted by atomic mass is 9.95. The Morgan fingerprint density at radius 2 is 0.603 bits per heavy atom. The predicted molar refractivity (Wildman–Crippen MR) is 272 cm³/mol. The Hall–Kier alpha value is -2.24. The molecule has 0 spiro atoms. The first-order valence-corrected chi connectivity index (χ1v) is 28.0. The van der Waals surface area contributed by atoms with Crippen LogP contribution >= 0.6 is 0 Å². The number of aryl methyl sites for hydroxylation is 2. The second-order valence-corrected chi connectivity index (χ2v) is 19.6. The zero-order valence-electron chi connectivity index (χ0n) is 42.1. The summed E-state index contributed by atoms with van der Waals surface area (Å²) >= 11 is 0. The summed E-state index contributed by atoms with van der Waals surface area (Å²) in [6, 6.07) is 6.21. The minimum absolute atomic E-state index is 0.661. The number of carbonyl (C=O) groups excluding carboxylic acids is 2. The van der Waals surface area contributed by atoms with Crippen LogP contribution in [0.2, 0.25) is 0 Å². The lowest BCUT2D eigenvalue weighted by Gasteiger charge is -2.20. The van der Waals surface area contributed by atoms with E-state index in [0.29, 0.717) is 5.56 Å². The monoisotopic (exact) mass is 883 g/mol. The number of amides is 2. The molecule has 0 aromatic heterocycles. The zero-order chi connectivity index (χ0) is 45.5. The first kappa shape index (κ1) is 58.8. The van der Waals surface area contributed by atoms with Crippen LogP contribution in [0.1, 0.15) is 319 Å². The molecule has 63 heavy (non-hydrogen) atoms. The lowest BCUT2D eigenvalue weighted by Crippen LogP contribution is -2.25. The summed E-state index contributed by atoms with van der Waals surface area (Å²) in [4.78, 5) is 23.4. The molecule has 0 atom stereocenters. The molecule has 0 radical (unpaired) electrons. The Morgan fingerprint density at radius 1 is 0.365 bits per heavy atom. The highest BCUT2D eigenvalue weighted by atomic mass is 16.7. The molecular weight excluding hydrogens is 777 g/mol. The highest BCUT2D eigenvalue weighted by Gasteiger charge is 2.22. The van der Waals surface area contributed by atoms with E-state index in [2.05, 4.69) is 26.0 Å². The lowest BCUT2D eigenvalue weighted by molar-refractivity contribution is -0.0583. The van der Waals surface area contributed by atoms with Crippen molar-refractivity contribution in [1.82, 2.24) is 0 Å². The zero-order valence-corrected chi connectivity index (χ0v) is 42.1. The maximum Gasteiger partial charge on any atom is 0.407 e. The normalized spacial score (nSPS) is 11.5. The van der Waals surface area contributed by atoms with Gasteiger partial charge in [0.1, 0.15) is 0 Å². The fraction of sp³-hybridized carbons (Fsp3) is 0.860. The van der Waals surface area contributed by atoms with E-state index >= 15 is 0 Å². The maximum absolute atomic E-state index is 11.7. The minimum atomic E-state index is -1.22. The van der Waals surface area contributed by atoms with Crippen molar-refractivity contribution in [2.24, 2.45) is 11.5 Å². The number of hydrogen-bond donors (Lipinski definition) is 2. The molecule has 0 fully saturated rings. The van der Waals surface area contributed by atoms with Crippen molar-refractivity contribution in [3.8, 4) is 0 Å². The number of benzene rings is 1. The highest BCUT2D eigenvalue weighted by molar-refractivity contribution is 5.67. The van der Waals surface area contributed by atoms with Crippen molar-refractivity contribution in [2.45, 2.75) is 315 Å². The van der Waals surface area contributed by atoms with Gasteiger partial charge in [-0.15, -0.1) is 0 Å². The van der Waals surface area contributed by atoms with Crippen LogP contribution in [0, 0.1) is 0 Å². The molecule has 6 heteroatoms. The first-order valence-electron chi connectivity index (χ1n) is 28.0. The van der Waals surface area contributed by atoms with Gasteiger partial charge in [-0.05, 0) is 36.8 Å². The molecule has 0 unspecified atom stereocenters. The standard InChI is InChI=1S/C57H106N2O4/c1-3-5-7-9-11-13-15-17-19-21-23-25-27-29-31-33-35-37-39-41-43-45-47-52-49-50-54(55(62-56(58)60)63-57(59)61)53(51-52)48-46-44-42-40-38-36-34-32-30-28-26-24-22-20-18-16-14-12-10-8-6-4-2/h49-51,55H,3-48H2,1-2H3,(H2,58,60)(H2,59,61). The van der Waals surface area contributed by atoms with E-state index in [1.165, 1.54) is 269 Å². The molecule has 2 amide bonds. The van der Waals surface area contributed by atoms with Crippen LogP contribution < -0.4 is 11.5 Å². The van der Waals surface area contributed by atoms with E-state index in [4.69, 9.17) is 20.9 Å². The van der Waals surface area contributed by atoms with Gasteiger partial charge in [-0.2, -0.15) is 0 Å². The Bertz CT molecular complexity index is 1130. The van der Waals surface area contributed by atoms with Crippen molar-refractivity contribution >= 4 is 12.2 Å². The summed E-state index contributed by atoms with van der Waals surface area (Å²) in [6.45, 7) is 4.59. The van der Waals surface area contributed by atoms with Gasteiger partial charge < -0.3 is 20.9 Å². The van der Waals surface area contributed by atoms with Crippen molar-refractivity contribution in [3.05, 3.63) is 34.9 Å². The summed E-state index contributed by atoms with van der Waals surface area (Å²) in [6.07, 6.45) is 59.4. The topological polar surface area (TPSA) is 105 Å². The Labute approximate surface area is 391 Å². The molecule has 4 N–H and O–H groups in total. The van der Waals surface area contributed by atoms with Gasteiger partial charge in [0, 0.05) is 5.56 Å². The van der Waals surface area contributed by atoms with Crippen LogP contribution in [0.3, 0.4) is 0 Å². The Kier molecular flexibility index (Phi) is 43.2. The van der Waals surface area contributed by atoms with Gasteiger partial charge in [-0.25, -0.2) is 9.59 Å². The second kappa shape index (κ2) is 46.3. The molecule has 0 heterocycles. The molecule has 6 nitrogen and oxygen atoms in total. The molecule has 0 aliphatic heterocycles. The summed E-state index contributed by atoms with van der Waals surface area (Å²) in [7, 11) is 0. The van der Waals surface area contributed by atoms with Crippen LogP contribution in [0.5, 0.6) is 0 Å². The quantitative estimate of drug-likeness (QED) is 0.0502. The number of carbonyl (C=O) groups is 2. The van der Waals surface area contributed by atoms with Gasteiger partial charge >= 0.3 is 12.2 Å². The summed E-state index contributed by atoms with van der Waals surface area (Å²) in [5.74, 6) is 0. The molecule has 0 aliphatic rings. The number of rotatable bonds is 49. The van der Waals surface area contributed by atoms with Gasteiger partial charge in [-0.1, -0.05) is 302 Å². The summed E-state index contributed by atoms with van der Waals surface area (Å²) < 4.78 is 10.4. The van der Waals surface area contributed by atoms with Crippen LogP contribution in [0.25, 0.3) is 0 Å². The maximum atomic E-state index is 11.7. The SMILES string of the molecule is CCCCCCCCCCCCCCCCCCCCCCCCc1ccc(C(OC(N)=O)OC(N)=O)c(CCCCCCCCCCCCCCCCCCCCCCCC)c1. The molecule has 1 rings (SSSR count). The largest absolute Gasteiger partial charge is 0.407 e. The number of hydrogen-bond acceptors (Lipinski definition) is 4. The van der Waals surface area contributed by atoms with E-state index in [9.17, 15) is 9.59 Å². The van der Waals surface area contributed by atoms with Crippen molar-refractivity contribution < 1.29 is 19.1 Å². The van der Waals surface area contributed by atoms with Crippen LogP contribution in [0.15, 0.2) is 18.2 Å². The molecule has 0 aliphatic carbocycles. The number of primary amides is 2. The fourth-order valence-corrected chi connectivity index (χ4v) is 9.49. The van der Waals surface area contributed by atoms with Crippen LogP contribution in [-0.2, 0) is 22.3 Å². The minimum Gasteiger partial charge on any atom is -0.405 e. The summed E-state index contributed by atoms with van der Waals surface area (Å²) in [5.41, 5.74) is 13.7. The van der Waals surface area contributed by atoms with Crippen LogP contribution in [0.4, 0.5) is 9.59 Å². The van der Waals surface area contributed by atoms with E-state index < -0.39 is 18.5 Å². The number of unbranched alkanes of at least 4 members (excludes halogenated alkanes) is 42. The van der Waals surface area contributed by atoms with Gasteiger partial charge in [0.2, 0.25) is 0 Å². The van der Waals surface area contributed by atoms with E-state index in [1.54, 1.807) is 0 Å². The van der Waals surface area contributed by atoms with E-state index in [1.807, 2.05) is 6.07 Å². The van der Waals surface area contributed by atoms with Gasteiger partial charge in [-0.3, -0.25) is 0 Å². The molecule has 0 saturated heterocycles. The van der Waals surface area contributed by atoms with Gasteiger partial charge in [0.15, 0.2) is 0 Å². The third-order valence-corrected chi connectivity index (χ3v) is 13.5. The van der Waals surface area contributed by atoms with Gasteiger partial charge in [0.05, 0.1) is 0 Å². The Balaban J connectivity index is 2.18. The number of ether oxygens (including phenoxy) is 2. The van der Waals surface area contributed by atoms with Crippen LogP contribution in [-0.4, -0.2) is 12.2 Å². The summed E-state index contributed by atoms with van der Waals surface area (Å²) in [5, 5.41) is 0. The third-order valence-electron chi connectivity index (χ3n) is 13.5. The van der Waals surface area contributed by atoms with Crippen molar-refractivity contribution in [2.75, 3.05) is 0 Å². The van der Waals surface area contributed by atoms with E-state index in [0.717, 1.165) is 37.7 Å². The highest BCUT2D eigenvalue weighted by Crippen LogP contribution is 2.27. The molecule has 0 bridgehead atoms. The third kappa shape index (κ3) is 39.8. The van der Waals surface area contributed by atoms with Gasteiger partial charge in [0.25, 0.3) is 6.29 Å². The second-order valence-electron chi connectivity index (χ2n) is 19.6. The molecule has 368 valence electrons. The molecular formula is C57H106N2O4. The van der Waals surface area contributed by atoms with E-state index in [-0.39, 0.29) is 0 Å². The number of nitrogens with two attached hydrogens (primary N) is 2. The predicted octanol–water partition coefficient (Wildman–Crippen LogP) is 19.2. The average molecular weight is 883 g/mol. The molecule has 1 aromatic carbocycles. The fourth-order valence-electron chi connectivity index (χ4n) is 9.49. The smallest absolute Gasteiger partial charge is 0.405 e. The molecule has 0 saturated carbocycles. The van der Waals surface area contributed by atoms with Crippen molar-refractivity contribution in [1.29, 1.82) is 0 Å². The van der Waals surface area contributed by atoms with Crippen molar-refractivity contribution in [3.63, 3.8) is 0 Å². The molecule has 1 aromatic rings.